The standard InChI is InChI=1S/C17H24N4S/c1-3-5-11-19-17(18-4-2)20-12-16-21-15(13-22-16)14-9-7-6-8-10-14/h6-10,13H,3-5,11-12H2,1-2H3,(H2,18,19,20). The summed E-state index contributed by atoms with van der Waals surface area (Å²) in [6.07, 6.45) is 2.33. The van der Waals surface area contributed by atoms with E-state index in [1.165, 1.54) is 6.42 Å². The number of guanidine groups is 1. The minimum absolute atomic E-state index is 0.610. The number of nitrogens with one attached hydrogen (secondary N) is 2. The predicted molar refractivity (Wildman–Crippen MR) is 95.3 cm³/mol. The number of aliphatic imine (C=N–C) groups is 1. The second-order valence-electron chi connectivity index (χ2n) is 4.97. The molecule has 0 fully saturated rings. The number of nitrogens with zero attached hydrogens (tertiary/aromatic N) is 2. The zero-order valence-electron chi connectivity index (χ0n) is 13.3. The summed E-state index contributed by atoms with van der Waals surface area (Å²) in [4.78, 5) is 9.27. The van der Waals surface area contributed by atoms with Gasteiger partial charge in [-0.15, -0.1) is 11.3 Å². The molecule has 5 heteroatoms. The highest BCUT2D eigenvalue weighted by atomic mass is 32.1. The van der Waals surface area contributed by atoms with Gasteiger partial charge in [-0.1, -0.05) is 43.7 Å². The van der Waals surface area contributed by atoms with Crippen LogP contribution in [-0.4, -0.2) is 24.0 Å². The fourth-order valence-corrected chi connectivity index (χ4v) is 2.72. The Morgan fingerprint density at radius 1 is 1.18 bits per heavy atom. The lowest BCUT2D eigenvalue weighted by Crippen LogP contribution is -2.37. The molecule has 0 aliphatic heterocycles. The number of unbranched alkanes of at least 4 members (excludes halogenated alkanes) is 1. The average molecular weight is 316 g/mol. The maximum absolute atomic E-state index is 4.66. The van der Waals surface area contributed by atoms with Crippen molar-refractivity contribution in [2.75, 3.05) is 13.1 Å². The van der Waals surface area contributed by atoms with Crippen LogP contribution in [0.4, 0.5) is 0 Å². The molecule has 0 saturated carbocycles. The molecule has 118 valence electrons. The monoisotopic (exact) mass is 316 g/mol. The van der Waals surface area contributed by atoms with E-state index in [0.29, 0.717) is 6.54 Å². The highest BCUT2D eigenvalue weighted by Crippen LogP contribution is 2.21. The lowest BCUT2D eigenvalue weighted by Gasteiger charge is -2.10. The summed E-state index contributed by atoms with van der Waals surface area (Å²) >= 11 is 1.66. The second-order valence-corrected chi connectivity index (χ2v) is 5.91. The maximum atomic E-state index is 4.66. The lowest BCUT2D eigenvalue weighted by atomic mass is 10.2. The first-order valence-electron chi connectivity index (χ1n) is 7.85. The first kappa shape index (κ1) is 16.5. The number of rotatable bonds is 7. The van der Waals surface area contributed by atoms with Crippen molar-refractivity contribution >= 4 is 17.3 Å². The van der Waals surface area contributed by atoms with Crippen LogP contribution in [0.25, 0.3) is 11.3 Å². The van der Waals surface area contributed by atoms with Gasteiger partial charge < -0.3 is 10.6 Å². The van der Waals surface area contributed by atoms with Crippen LogP contribution in [0, 0.1) is 0 Å². The van der Waals surface area contributed by atoms with Gasteiger partial charge in [-0.2, -0.15) is 0 Å². The summed E-state index contributed by atoms with van der Waals surface area (Å²) < 4.78 is 0. The van der Waals surface area contributed by atoms with Gasteiger partial charge in [-0.3, -0.25) is 0 Å². The van der Waals surface area contributed by atoms with E-state index in [2.05, 4.69) is 52.0 Å². The second kappa shape index (κ2) is 9.20. The van der Waals surface area contributed by atoms with Crippen LogP contribution in [-0.2, 0) is 6.54 Å². The third-order valence-electron chi connectivity index (χ3n) is 3.16. The van der Waals surface area contributed by atoms with Crippen molar-refractivity contribution in [1.82, 2.24) is 15.6 Å². The Kier molecular flexibility index (Phi) is 6.90. The first-order chi connectivity index (χ1) is 10.8. The Bertz CT molecular complexity index is 577. The van der Waals surface area contributed by atoms with Gasteiger partial charge in [0.15, 0.2) is 5.96 Å². The first-order valence-corrected chi connectivity index (χ1v) is 8.73. The number of benzene rings is 1. The van der Waals surface area contributed by atoms with Gasteiger partial charge in [0.2, 0.25) is 0 Å². The molecule has 0 aliphatic rings. The Morgan fingerprint density at radius 2 is 2.00 bits per heavy atom. The molecule has 2 aromatic rings. The highest BCUT2D eigenvalue weighted by molar-refractivity contribution is 7.09. The van der Waals surface area contributed by atoms with Gasteiger partial charge in [0, 0.05) is 24.0 Å². The molecule has 0 spiro atoms. The van der Waals surface area contributed by atoms with Gasteiger partial charge >= 0.3 is 0 Å². The molecule has 4 nitrogen and oxygen atoms in total. The zero-order valence-corrected chi connectivity index (χ0v) is 14.1. The normalized spacial score (nSPS) is 11.5. The molecule has 0 aliphatic carbocycles. The molecular formula is C17H24N4S. The minimum atomic E-state index is 0.610. The molecule has 0 unspecified atom stereocenters. The van der Waals surface area contributed by atoms with Crippen LogP contribution in [0.3, 0.4) is 0 Å². The Labute approximate surface area is 136 Å². The van der Waals surface area contributed by atoms with E-state index in [0.717, 1.165) is 41.7 Å². The predicted octanol–water partition coefficient (Wildman–Crippen LogP) is 3.67. The topological polar surface area (TPSA) is 49.3 Å². The molecule has 1 aromatic carbocycles. The summed E-state index contributed by atoms with van der Waals surface area (Å²) in [6.45, 7) is 6.69. The molecule has 1 heterocycles. The highest BCUT2D eigenvalue weighted by Gasteiger charge is 2.04. The third kappa shape index (κ3) is 5.15. The Balaban J connectivity index is 1.97. The van der Waals surface area contributed by atoms with Crippen molar-refractivity contribution in [3.63, 3.8) is 0 Å². The summed E-state index contributed by atoms with van der Waals surface area (Å²) in [5.41, 5.74) is 2.18. The van der Waals surface area contributed by atoms with Crippen molar-refractivity contribution in [1.29, 1.82) is 0 Å². The number of thiazole rings is 1. The van der Waals surface area contributed by atoms with E-state index < -0.39 is 0 Å². The number of hydrogen-bond acceptors (Lipinski definition) is 3. The quantitative estimate of drug-likeness (QED) is 0.465. The molecule has 0 saturated heterocycles. The van der Waals surface area contributed by atoms with Crippen molar-refractivity contribution in [2.24, 2.45) is 4.99 Å². The van der Waals surface area contributed by atoms with Crippen LogP contribution in [0.2, 0.25) is 0 Å². The lowest BCUT2D eigenvalue weighted by molar-refractivity contribution is 0.730. The average Bonchev–Trinajstić information content (AvgIpc) is 3.03. The van der Waals surface area contributed by atoms with E-state index in [4.69, 9.17) is 0 Å². The van der Waals surface area contributed by atoms with Crippen LogP contribution in [0.5, 0.6) is 0 Å². The van der Waals surface area contributed by atoms with E-state index in [1.54, 1.807) is 11.3 Å². The van der Waals surface area contributed by atoms with E-state index >= 15 is 0 Å². The van der Waals surface area contributed by atoms with Crippen LogP contribution in [0.1, 0.15) is 31.7 Å². The van der Waals surface area contributed by atoms with E-state index in [-0.39, 0.29) is 0 Å². The Hall–Kier alpha value is -1.88. The molecule has 2 rings (SSSR count). The third-order valence-corrected chi connectivity index (χ3v) is 3.99. The fourth-order valence-electron chi connectivity index (χ4n) is 2.00. The van der Waals surface area contributed by atoms with Crippen LogP contribution in [0.15, 0.2) is 40.7 Å². The fraction of sp³-hybridized carbons (Fsp3) is 0.412. The van der Waals surface area contributed by atoms with Gasteiger partial charge in [0.25, 0.3) is 0 Å². The molecule has 22 heavy (non-hydrogen) atoms. The summed E-state index contributed by atoms with van der Waals surface area (Å²) in [7, 11) is 0. The maximum Gasteiger partial charge on any atom is 0.191 e. The van der Waals surface area contributed by atoms with Gasteiger partial charge in [-0.05, 0) is 13.3 Å². The largest absolute Gasteiger partial charge is 0.357 e. The van der Waals surface area contributed by atoms with E-state index in [1.807, 2.05) is 18.2 Å². The van der Waals surface area contributed by atoms with Crippen molar-refractivity contribution in [2.45, 2.75) is 33.2 Å². The zero-order chi connectivity index (χ0) is 15.6. The Morgan fingerprint density at radius 3 is 2.73 bits per heavy atom. The molecule has 2 N–H and O–H groups in total. The van der Waals surface area contributed by atoms with Gasteiger partial charge in [-0.25, -0.2) is 9.98 Å². The van der Waals surface area contributed by atoms with Crippen molar-refractivity contribution in [3.8, 4) is 11.3 Å². The molecule has 0 atom stereocenters. The van der Waals surface area contributed by atoms with Gasteiger partial charge in [0.05, 0.1) is 12.2 Å². The van der Waals surface area contributed by atoms with E-state index in [9.17, 15) is 0 Å². The minimum Gasteiger partial charge on any atom is -0.357 e. The summed E-state index contributed by atoms with van der Waals surface area (Å²) in [5.74, 6) is 0.868. The summed E-state index contributed by atoms with van der Waals surface area (Å²) in [5, 5.41) is 9.74. The van der Waals surface area contributed by atoms with Crippen LogP contribution >= 0.6 is 11.3 Å². The molecular weight excluding hydrogens is 292 g/mol. The molecule has 0 amide bonds. The smallest absolute Gasteiger partial charge is 0.191 e. The van der Waals surface area contributed by atoms with Crippen molar-refractivity contribution in [3.05, 3.63) is 40.7 Å². The molecule has 1 aromatic heterocycles. The number of aromatic nitrogens is 1. The number of hydrogen-bond donors (Lipinski definition) is 2. The SMILES string of the molecule is CCCCNC(=NCc1nc(-c2ccccc2)cs1)NCC. The summed E-state index contributed by atoms with van der Waals surface area (Å²) in [6, 6.07) is 10.3. The molecule has 0 bridgehead atoms. The molecule has 0 radical (unpaired) electrons. The van der Waals surface area contributed by atoms with Crippen LogP contribution < -0.4 is 10.6 Å². The van der Waals surface area contributed by atoms with Gasteiger partial charge in [0.1, 0.15) is 5.01 Å². The van der Waals surface area contributed by atoms with Crippen molar-refractivity contribution < 1.29 is 0 Å².